The lowest BCUT2D eigenvalue weighted by molar-refractivity contribution is -0.114. The largest absolute Gasteiger partial charge is 0.325 e. The van der Waals surface area contributed by atoms with Crippen LogP contribution in [0.5, 0.6) is 0 Å². The van der Waals surface area contributed by atoms with Crippen molar-refractivity contribution in [1.82, 2.24) is 0 Å². The summed E-state index contributed by atoms with van der Waals surface area (Å²) < 4.78 is 53.4. The third-order valence-corrected chi connectivity index (χ3v) is 7.62. The molecule has 0 spiro atoms. The molecule has 180 valence electrons. The zero-order valence-electron chi connectivity index (χ0n) is 18.7. The number of amides is 1. The molecule has 0 saturated carbocycles. The molecule has 0 heterocycles. The van der Waals surface area contributed by atoms with Gasteiger partial charge in [-0.25, -0.2) is 16.8 Å². The maximum absolute atomic E-state index is 12.7. The van der Waals surface area contributed by atoms with Crippen molar-refractivity contribution in [2.75, 3.05) is 27.1 Å². The molecule has 0 aliphatic rings. The van der Waals surface area contributed by atoms with Gasteiger partial charge in [-0.3, -0.25) is 13.8 Å². The topological polar surface area (TPSA) is 113 Å². The predicted octanol–water partition coefficient (Wildman–Crippen LogP) is 4.16. The van der Waals surface area contributed by atoms with Crippen LogP contribution in [0.1, 0.15) is 11.1 Å². The van der Waals surface area contributed by atoms with Crippen LogP contribution in [-0.4, -0.2) is 35.5 Å². The van der Waals surface area contributed by atoms with Gasteiger partial charge in [0.15, 0.2) is 0 Å². The molecule has 1 amide bonds. The van der Waals surface area contributed by atoms with Crippen LogP contribution in [0.4, 0.5) is 17.1 Å². The molecule has 3 aromatic carbocycles. The molecule has 11 heteroatoms. The minimum Gasteiger partial charge on any atom is -0.325 e. The molecule has 0 radical (unpaired) electrons. The van der Waals surface area contributed by atoms with Crippen molar-refractivity contribution in [3.8, 4) is 0 Å². The summed E-state index contributed by atoms with van der Waals surface area (Å²) in [6.07, 6.45) is 0.990. The van der Waals surface area contributed by atoms with Crippen LogP contribution >= 0.6 is 11.6 Å². The Morgan fingerprint density at radius 3 is 2.21 bits per heavy atom. The molecule has 0 unspecified atom stereocenters. The Morgan fingerprint density at radius 2 is 1.62 bits per heavy atom. The number of benzene rings is 3. The second-order valence-corrected chi connectivity index (χ2v) is 11.8. The number of anilines is 3. The molecule has 2 N–H and O–H groups in total. The highest BCUT2D eigenvalue weighted by molar-refractivity contribution is 7.92. The van der Waals surface area contributed by atoms with Crippen LogP contribution in [0, 0.1) is 13.8 Å². The monoisotopic (exact) mass is 521 g/mol. The van der Waals surface area contributed by atoms with E-state index in [1.807, 2.05) is 26.0 Å². The van der Waals surface area contributed by atoms with E-state index in [0.717, 1.165) is 21.7 Å². The van der Waals surface area contributed by atoms with Gasteiger partial charge in [0, 0.05) is 10.7 Å². The number of carbonyl (C=O) groups excluding carboxylic acids is 1. The second kappa shape index (κ2) is 10.0. The number of aryl methyl sites for hydroxylation is 2. The van der Waals surface area contributed by atoms with Crippen molar-refractivity contribution in [3.05, 3.63) is 82.9 Å². The van der Waals surface area contributed by atoms with Crippen LogP contribution in [0.2, 0.25) is 5.02 Å². The van der Waals surface area contributed by atoms with E-state index in [-0.39, 0.29) is 10.6 Å². The van der Waals surface area contributed by atoms with Crippen molar-refractivity contribution in [1.29, 1.82) is 0 Å². The van der Waals surface area contributed by atoms with Crippen molar-refractivity contribution >= 4 is 54.6 Å². The summed E-state index contributed by atoms with van der Waals surface area (Å²) >= 11 is 5.95. The van der Waals surface area contributed by atoms with Gasteiger partial charge in [-0.15, -0.1) is 0 Å². The molecular formula is C23H24ClN3O5S2. The summed E-state index contributed by atoms with van der Waals surface area (Å²) in [6.45, 7) is 3.25. The van der Waals surface area contributed by atoms with Crippen LogP contribution < -0.4 is 14.3 Å². The van der Waals surface area contributed by atoms with Gasteiger partial charge in [0.05, 0.1) is 22.5 Å². The van der Waals surface area contributed by atoms with Gasteiger partial charge in [-0.1, -0.05) is 35.4 Å². The Bertz CT molecular complexity index is 1420. The predicted molar refractivity (Wildman–Crippen MR) is 135 cm³/mol. The van der Waals surface area contributed by atoms with Gasteiger partial charge >= 0.3 is 0 Å². The summed E-state index contributed by atoms with van der Waals surface area (Å²) in [5, 5.41) is 2.91. The number of halogens is 1. The molecule has 0 atom stereocenters. The highest BCUT2D eigenvalue weighted by atomic mass is 35.5. The number of nitrogens with zero attached hydrogens (tertiary/aromatic N) is 1. The van der Waals surface area contributed by atoms with Gasteiger partial charge in [0.25, 0.3) is 10.0 Å². The Balaban J connectivity index is 1.72. The first-order chi connectivity index (χ1) is 15.8. The fraction of sp³-hybridized carbons (Fsp3) is 0.174. The molecular weight excluding hydrogens is 498 g/mol. The number of carbonyl (C=O) groups is 1. The van der Waals surface area contributed by atoms with Gasteiger partial charge in [0.2, 0.25) is 15.9 Å². The number of rotatable bonds is 8. The molecule has 0 aliphatic heterocycles. The summed E-state index contributed by atoms with van der Waals surface area (Å²) in [5.41, 5.74) is 2.86. The Morgan fingerprint density at radius 1 is 0.941 bits per heavy atom. The smallest absolute Gasteiger partial charge is 0.261 e. The Labute approximate surface area is 204 Å². The highest BCUT2D eigenvalue weighted by Crippen LogP contribution is 2.23. The van der Waals surface area contributed by atoms with E-state index in [1.54, 1.807) is 18.2 Å². The minimum absolute atomic E-state index is 0.0159. The maximum atomic E-state index is 12.7. The number of hydrogen-bond acceptors (Lipinski definition) is 5. The van der Waals surface area contributed by atoms with E-state index in [4.69, 9.17) is 11.6 Å². The molecule has 0 aliphatic carbocycles. The van der Waals surface area contributed by atoms with E-state index < -0.39 is 32.5 Å². The van der Waals surface area contributed by atoms with Gasteiger partial charge in [-0.05, 0) is 67.9 Å². The van der Waals surface area contributed by atoms with E-state index >= 15 is 0 Å². The first-order valence-electron chi connectivity index (χ1n) is 10.1. The molecule has 0 fully saturated rings. The van der Waals surface area contributed by atoms with E-state index in [0.29, 0.717) is 16.4 Å². The first kappa shape index (κ1) is 25.5. The summed E-state index contributed by atoms with van der Waals surface area (Å²) in [5.74, 6) is -0.602. The third kappa shape index (κ3) is 6.49. The Hall–Kier alpha value is -3.08. The average Bonchev–Trinajstić information content (AvgIpc) is 2.73. The van der Waals surface area contributed by atoms with E-state index in [1.165, 1.54) is 36.4 Å². The normalized spacial score (nSPS) is 11.6. The van der Waals surface area contributed by atoms with E-state index in [9.17, 15) is 21.6 Å². The van der Waals surface area contributed by atoms with Crippen LogP contribution in [-0.2, 0) is 24.8 Å². The lowest BCUT2D eigenvalue weighted by Gasteiger charge is -2.22. The van der Waals surface area contributed by atoms with Crippen LogP contribution in [0.3, 0.4) is 0 Å². The van der Waals surface area contributed by atoms with Crippen molar-refractivity contribution < 1.29 is 21.6 Å². The zero-order valence-corrected chi connectivity index (χ0v) is 21.1. The lowest BCUT2D eigenvalue weighted by Crippen LogP contribution is -2.37. The summed E-state index contributed by atoms with van der Waals surface area (Å²) in [6, 6.07) is 17.1. The SMILES string of the molecule is Cc1ccc(NS(=O)(=O)c2ccc(NC(=O)CN(c3cccc(Cl)c3)S(C)(=O)=O)cc2)c(C)c1. The van der Waals surface area contributed by atoms with Crippen molar-refractivity contribution in [2.24, 2.45) is 0 Å². The Kier molecular flexibility index (Phi) is 7.54. The second-order valence-electron chi connectivity index (χ2n) is 7.75. The average molecular weight is 522 g/mol. The fourth-order valence-corrected chi connectivity index (χ4v) is 5.38. The van der Waals surface area contributed by atoms with Crippen molar-refractivity contribution in [2.45, 2.75) is 18.7 Å². The lowest BCUT2D eigenvalue weighted by atomic mass is 10.1. The van der Waals surface area contributed by atoms with Gasteiger partial charge in [-0.2, -0.15) is 0 Å². The molecule has 3 aromatic rings. The number of nitrogens with one attached hydrogen (secondary N) is 2. The number of hydrogen-bond donors (Lipinski definition) is 2. The summed E-state index contributed by atoms with van der Waals surface area (Å²) in [4.78, 5) is 12.6. The van der Waals surface area contributed by atoms with Crippen LogP contribution in [0.25, 0.3) is 0 Å². The highest BCUT2D eigenvalue weighted by Gasteiger charge is 2.21. The number of sulfonamides is 2. The summed E-state index contributed by atoms with van der Waals surface area (Å²) in [7, 11) is -7.59. The van der Waals surface area contributed by atoms with Crippen molar-refractivity contribution in [3.63, 3.8) is 0 Å². The molecule has 8 nitrogen and oxygen atoms in total. The molecule has 0 saturated heterocycles. The molecule has 0 bridgehead atoms. The zero-order chi connectivity index (χ0) is 25.1. The minimum atomic E-state index is -3.84. The standard InChI is InChI=1S/C23H24ClN3O5S2/c1-16-7-12-22(17(2)13-16)26-34(31,32)21-10-8-19(9-11-21)25-23(28)15-27(33(3,29)30)20-6-4-5-18(24)14-20/h4-14,26H,15H2,1-3H3,(H,25,28). The molecule has 34 heavy (non-hydrogen) atoms. The molecule has 0 aromatic heterocycles. The molecule has 3 rings (SSSR count). The maximum Gasteiger partial charge on any atom is 0.261 e. The van der Waals surface area contributed by atoms with Gasteiger partial charge < -0.3 is 5.32 Å². The van der Waals surface area contributed by atoms with E-state index in [2.05, 4.69) is 10.0 Å². The van der Waals surface area contributed by atoms with Gasteiger partial charge in [0.1, 0.15) is 6.54 Å². The third-order valence-electron chi connectivity index (χ3n) is 4.86. The van der Waals surface area contributed by atoms with Crippen LogP contribution in [0.15, 0.2) is 71.6 Å². The quantitative estimate of drug-likeness (QED) is 0.462. The fourth-order valence-electron chi connectivity index (χ4n) is 3.21. The first-order valence-corrected chi connectivity index (χ1v) is 13.8.